The first-order valence-corrected chi connectivity index (χ1v) is 5.61. The summed E-state index contributed by atoms with van der Waals surface area (Å²) >= 11 is 0. The zero-order chi connectivity index (χ0) is 13.3. The van der Waals surface area contributed by atoms with E-state index in [1.807, 2.05) is 0 Å². The van der Waals surface area contributed by atoms with Crippen LogP contribution in [0.3, 0.4) is 0 Å². The zero-order valence-electron chi connectivity index (χ0n) is 10.3. The predicted molar refractivity (Wildman–Crippen MR) is 68.7 cm³/mol. The SMILES string of the molecule is C=CC1CC(C(C)=O)=Nc2c(CC(=C)N)nnn21. The van der Waals surface area contributed by atoms with Crippen LogP contribution in [0.5, 0.6) is 0 Å². The second-order valence-electron chi connectivity index (χ2n) is 4.26. The second kappa shape index (κ2) is 4.56. The van der Waals surface area contributed by atoms with Crippen LogP contribution in [0.4, 0.5) is 5.82 Å². The molecule has 0 aliphatic carbocycles. The molecule has 0 saturated heterocycles. The van der Waals surface area contributed by atoms with Crippen molar-refractivity contribution in [1.29, 1.82) is 0 Å². The highest BCUT2D eigenvalue weighted by Crippen LogP contribution is 2.30. The number of hydrogen-bond acceptors (Lipinski definition) is 5. The fraction of sp³-hybridized carbons (Fsp3) is 0.333. The Morgan fingerprint density at radius 2 is 2.39 bits per heavy atom. The summed E-state index contributed by atoms with van der Waals surface area (Å²) in [7, 11) is 0. The highest BCUT2D eigenvalue weighted by molar-refractivity contribution is 6.39. The summed E-state index contributed by atoms with van der Waals surface area (Å²) in [5, 5.41) is 8.07. The van der Waals surface area contributed by atoms with Gasteiger partial charge in [0.15, 0.2) is 11.6 Å². The number of nitrogens with zero attached hydrogens (tertiary/aromatic N) is 4. The maximum atomic E-state index is 11.5. The van der Waals surface area contributed by atoms with E-state index in [-0.39, 0.29) is 11.8 Å². The smallest absolute Gasteiger partial charge is 0.175 e. The minimum Gasteiger partial charge on any atom is -0.402 e. The van der Waals surface area contributed by atoms with Gasteiger partial charge in [-0.05, 0) is 0 Å². The maximum absolute atomic E-state index is 11.5. The molecular formula is C12H15N5O. The van der Waals surface area contributed by atoms with Crippen molar-refractivity contribution >= 4 is 17.3 Å². The van der Waals surface area contributed by atoms with Gasteiger partial charge < -0.3 is 5.73 Å². The summed E-state index contributed by atoms with van der Waals surface area (Å²) in [6.45, 7) is 8.89. The van der Waals surface area contributed by atoms with Crippen molar-refractivity contribution in [3.05, 3.63) is 30.6 Å². The van der Waals surface area contributed by atoms with Gasteiger partial charge in [-0.3, -0.25) is 4.79 Å². The Kier molecular flexibility index (Phi) is 3.10. The third kappa shape index (κ3) is 2.09. The van der Waals surface area contributed by atoms with Crippen molar-refractivity contribution < 1.29 is 4.79 Å². The van der Waals surface area contributed by atoms with E-state index in [4.69, 9.17) is 5.73 Å². The van der Waals surface area contributed by atoms with Crippen LogP contribution in [0, 0.1) is 0 Å². The van der Waals surface area contributed by atoms with Gasteiger partial charge in [-0.2, -0.15) is 0 Å². The summed E-state index contributed by atoms with van der Waals surface area (Å²) in [5.74, 6) is 0.523. The van der Waals surface area contributed by atoms with Crippen LogP contribution in [0.1, 0.15) is 25.1 Å². The van der Waals surface area contributed by atoms with Crippen LogP contribution >= 0.6 is 0 Å². The van der Waals surface area contributed by atoms with Gasteiger partial charge in [-0.1, -0.05) is 17.9 Å². The van der Waals surface area contributed by atoms with Crippen molar-refractivity contribution in [3.63, 3.8) is 0 Å². The lowest BCUT2D eigenvalue weighted by atomic mass is 10.1. The van der Waals surface area contributed by atoms with E-state index < -0.39 is 0 Å². The van der Waals surface area contributed by atoms with Crippen LogP contribution in [-0.4, -0.2) is 26.5 Å². The molecule has 0 radical (unpaired) electrons. The quantitative estimate of drug-likeness (QED) is 0.804. The molecule has 6 nitrogen and oxygen atoms in total. The average molecular weight is 245 g/mol. The minimum absolute atomic E-state index is 0.0492. The van der Waals surface area contributed by atoms with Gasteiger partial charge in [-0.25, -0.2) is 9.67 Å². The molecule has 2 rings (SSSR count). The highest BCUT2D eigenvalue weighted by Gasteiger charge is 2.26. The van der Waals surface area contributed by atoms with Crippen molar-refractivity contribution in [2.24, 2.45) is 10.7 Å². The number of nitrogens with two attached hydrogens (primary N) is 1. The molecule has 1 aromatic rings. The van der Waals surface area contributed by atoms with E-state index in [1.54, 1.807) is 10.8 Å². The van der Waals surface area contributed by atoms with E-state index in [2.05, 4.69) is 28.5 Å². The fourth-order valence-electron chi connectivity index (χ4n) is 1.85. The molecule has 0 amide bonds. The molecule has 18 heavy (non-hydrogen) atoms. The van der Waals surface area contributed by atoms with Crippen LogP contribution in [0.15, 0.2) is 29.9 Å². The zero-order valence-corrected chi connectivity index (χ0v) is 10.3. The summed E-state index contributed by atoms with van der Waals surface area (Å²) in [4.78, 5) is 15.8. The van der Waals surface area contributed by atoms with Crippen LogP contribution in [0.2, 0.25) is 0 Å². The monoisotopic (exact) mass is 245 g/mol. The van der Waals surface area contributed by atoms with Crippen LogP contribution in [-0.2, 0) is 11.2 Å². The molecular weight excluding hydrogens is 230 g/mol. The molecule has 0 saturated carbocycles. The Morgan fingerprint density at radius 3 is 2.94 bits per heavy atom. The average Bonchev–Trinajstić information content (AvgIpc) is 2.70. The number of ketones is 1. The topological polar surface area (TPSA) is 86.2 Å². The number of hydrogen-bond donors (Lipinski definition) is 1. The van der Waals surface area contributed by atoms with Gasteiger partial charge in [-0.15, -0.1) is 11.7 Å². The number of allylic oxidation sites excluding steroid dienone is 2. The molecule has 0 aromatic carbocycles. The summed E-state index contributed by atoms with van der Waals surface area (Å²) in [6.07, 6.45) is 2.63. The third-order valence-corrected chi connectivity index (χ3v) is 2.77. The normalized spacial score (nSPS) is 17.8. The second-order valence-corrected chi connectivity index (χ2v) is 4.26. The minimum atomic E-state index is -0.0938. The lowest BCUT2D eigenvalue weighted by Crippen LogP contribution is -2.22. The molecule has 1 aliphatic heterocycles. The van der Waals surface area contributed by atoms with E-state index in [0.29, 0.717) is 35.8 Å². The third-order valence-electron chi connectivity index (χ3n) is 2.77. The van der Waals surface area contributed by atoms with Gasteiger partial charge >= 0.3 is 0 Å². The number of aromatic nitrogens is 3. The predicted octanol–water partition coefficient (Wildman–Crippen LogP) is 1.09. The van der Waals surface area contributed by atoms with Gasteiger partial charge in [0.1, 0.15) is 5.69 Å². The van der Waals surface area contributed by atoms with Crippen molar-refractivity contribution in [2.45, 2.75) is 25.8 Å². The highest BCUT2D eigenvalue weighted by atomic mass is 16.1. The van der Waals surface area contributed by atoms with Crippen molar-refractivity contribution in [2.75, 3.05) is 0 Å². The van der Waals surface area contributed by atoms with E-state index in [9.17, 15) is 4.79 Å². The molecule has 1 aromatic heterocycles. The summed E-state index contributed by atoms with van der Waals surface area (Å²) < 4.78 is 1.66. The number of rotatable bonds is 4. The van der Waals surface area contributed by atoms with E-state index in [1.165, 1.54) is 6.92 Å². The fourth-order valence-corrected chi connectivity index (χ4v) is 1.85. The van der Waals surface area contributed by atoms with Crippen molar-refractivity contribution in [1.82, 2.24) is 15.0 Å². The Hall–Kier alpha value is -2.24. The number of carbonyl (C=O) groups excluding carboxylic acids is 1. The summed E-state index contributed by atoms with van der Waals surface area (Å²) in [5.41, 5.74) is 7.20. The number of Topliss-reactive ketones (excluding diaryl/α,β-unsaturated/α-hetero) is 1. The van der Waals surface area contributed by atoms with Crippen LogP contribution in [0.25, 0.3) is 0 Å². The number of fused-ring (bicyclic) bond motifs is 1. The molecule has 2 N–H and O–H groups in total. The molecule has 2 heterocycles. The lowest BCUT2D eigenvalue weighted by molar-refractivity contribution is -0.111. The number of aliphatic imine (C=N–C) groups is 1. The van der Waals surface area contributed by atoms with Crippen molar-refractivity contribution in [3.8, 4) is 0 Å². The largest absolute Gasteiger partial charge is 0.402 e. The molecule has 1 unspecified atom stereocenters. The number of carbonyl (C=O) groups is 1. The molecule has 6 heteroatoms. The Bertz CT molecular complexity index is 555. The lowest BCUT2D eigenvalue weighted by Gasteiger charge is -2.19. The van der Waals surface area contributed by atoms with Gasteiger partial charge in [0.2, 0.25) is 0 Å². The molecule has 0 fully saturated rings. The molecule has 94 valence electrons. The first-order valence-electron chi connectivity index (χ1n) is 5.61. The maximum Gasteiger partial charge on any atom is 0.175 e. The first kappa shape index (κ1) is 12.2. The Labute approximate surface area is 105 Å². The van der Waals surface area contributed by atoms with E-state index >= 15 is 0 Å². The van der Waals surface area contributed by atoms with Crippen LogP contribution < -0.4 is 5.73 Å². The van der Waals surface area contributed by atoms with Gasteiger partial charge in [0.05, 0.1) is 11.8 Å². The molecule has 1 aliphatic rings. The summed E-state index contributed by atoms with van der Waals surface area (Å²) in [6, 6.07) is -0.0938. The Balaban J connectivity index is 2.49. The standard InChI is InChI=1S/C12H15N5O/c1-4-9-6-10(8(3)18)14-12-11(5-7(2)13)15-16-17(9)12/h4,9H,1-2,5-6,13H2,3H3. The first-order chi connectivity index (χ1) is 8.52. The van der Waals surface area contributed by atoms with E-state index in [0.717, 1.165) is 0 Å². The molecule has 1 atom stereocenters. The Morgan fingerprint density at radius 1 is 1.67 bits per heavy atom. The van der Waals surface area contributed by atoms with Gasteiger partial charge in [0.25, 0.3) is 0 Å². The molecule has 0 bridgehead atoms. The molecule has 0 spiro atoms. The van der Waals surface area contributed by atoms with Gasteiger partial charge in [0, 0.05) is 25.5 Å².